The minimum Gasteiger partial charge on any atom is -0.399 e. The molecule has 27 heavy (non-hydrogen) atoms. The molecule has 7 heteroatoms. The summed E-state index contributed by atoms with van der Waals surface area (Å²) in [6.45, 7) is 1.75. The molecule has 2 aromatic carbocycles. The molecule has 0 saturated carbocycles. The van der Waals surface area contributed by atoms with Crippen LogP contribution in [0.25, 0.3) is 11.5 Å². The molecule has 6 nitrogen and oxygen atoms in total. The van der Waals surface area contributed by atoms with Crippen molar-refractivity contribution in [2.45, 2.75) is 32.2 Å². The molecule has 0 spiro atoms. The smallest absolute Gasteiger partial charge is 0.258 e. The van der Waals surface area contributed by atoms with E-state index in [0.717, 1.165) is 30.5 Å². The van der Waals surface area contributed by atoms with E-state index in [1.807, 2.05) is 36.4 Å². The maximum absolute atomic E-state index is 13.0. The van der Waals surface area contributed by atoms with Gasteiger partial charge in [0.1, 0.15) is 0 Å². The number of amides is 1. The van der Waals surface area contributed by atoms with Crippen LogP contribution >= 0.6 is 12.4 Å². The summed E-state index contributed by atoms with van der Waals surface area (Å²) in [6.07, 6.45) is 2.92. The molecule has 0 radical (unpaired) electrons. The first-order valence-corrected chi connectivity index (χ1v) is 8.70. The highest BCUT2D eigenvalue weighted by atomic mass is 35.5. The molecule has 0 bridgehead atoms. The Kier molecular flexibility index (Phi) is 5.46. The number of rotatable bonds is 3. The molecule has 0 fully saturated rings. The van der Waals surface area contributed by atoms with Crippen molar-refractivity contribution in [3.63, 3.8) is 0 Å². The van der Waals surface area contributed by atoms with Crippen molar-refractivity contribution in [1.82, 2.24) is 15.5 Å². The van der Waals surface area contributed by atoms with Crippen molar-refractivity contribution in [3.05, 3.63) is 65.0 Å². The topological polar surface area (TPSA) is 94.0 Å². The van der Waals surface area contributed by atoms with E-state index in [1.165, 1.54) is 5.56 Å². The van der Waals surface area contributed by atoms with Crippen LogP contribution in [0, 0.1) is 6.92 Å². The summed E-state index contributed by atoms with van der Waals surface area (Å²) < 4.78 is 5.25. The Labute approximate surface area is 163 Å². The Balaban J connectivity index is 0.00000210. The molecule has 4 rings (SSSR count). The van der Waals surface area contributed by atoms with E-state index in [2.05, 4.69) is 15.5 Å². The molecule has 1 amide bonds. The highest BCUT2D eigenvalue weighted by molar-refractivity contribution is 6.00. The van der Waals surface area contributed by atoms with E-state index in [0.29, 0.717) is 22.8 Å². The van der Waals surface area contributed by atoms with Crippen LogP contribution in [0.15, 0.2) is 47.0 Å². The summed E-state index contributed by atoms with van der Waals surface area (Å²) in [5.41, 5.74) is 10.2. The second kappa shape index (κ2) is 7.80. The van der Waals surface area contributed by atoms with Gasteiger partial charge in [0, 0.05) is 5.69 Å². The molecule has 0 saturated heterocycles. The number of nitrogens with zero attached hydrogens (tertiary/aromatic N) is 2. The zero-order chi connectivity index (χ0) is 18.1. The highest BCUT2D eigenvalue weighted by Gasteiger charge is 2.24. The van der Waals surface area contributed by atoms with Gasteiger partial charge in [-0.1, -0.05) is 23.4 Å². The summed E-state index contributed by atoms with van der Waals surface area (Å²) in [4.78, 5) is 17.2. The SMILES string of the molecule is Cc1noc(-c2ccccc2C(=O)NC2CCCc3cc(N)ccc32)n1.Cl. The lowest BCUT2D eigenvalue weighted by Gasteiger charge is -2.27. The normalized spacial score (nSPS) is 15.5. The maximum atomic E-state index is 13.0. The highest BCUT2D eigenvalue weighted by Crippen LogP contribution is 2.32. The Morgan fingerprint density at radius 2 is 2.07 bits per heavy atom. The van der Waals surface area contributed by atoms with Crippen LogP contribution in [0.1, 0.15) is 46.2 Å². The Hall–Kier alpha value is -2.86. The second-order valence-electron chi connectivity index (χ2n) is 6.57. The summed E-state index contributed by atoms with van der Waals surface area (Å²) >= 11 is 0. The summed E-state index contributed by atoms with van der Waals surface area (Å²) in [5.74, 6) is 0.741. The van der Waals surface area contributed by atoms with Crippen molar-refractivity contribution in [1.29, 1.82) is 0 Å². The molecular weight excluding hydrogens is 364 g/mol. The van der Waals surface area contributed by atoms with Crippen LogP contribution in [-0.4, -0.2) is 16.0 Å². The van der Waals surface area contributed by atoms with Gasteiger partial charge in [-0.3, -0.25) is 4.79 Å². The number of hydrogen-bond donors (Lipinski definition) is 2. The third-order valence-electron chi connectivity index (χ3n) is 4.72. The Morgan fingerprint density at radius 3 is 2.85 bits per heavy atom. The van der Waals surface area contributed by atoms with Crippen LogP contribution in [0.5, 0.6) is 0 Å². The number of halogens is 1. The van der Waals surface area contributed by atoms with Gasteiger partial charge in [-0.15, -0.1) is 12.4 Å². The van der Waals surface area contributed by atoms with Crippen molar-refractivity contribution in [2.24, 2.45) is 0 Å². The molecule has 140 valence electrons. The minimum absolute atomic E-state index is 0. The second-order valence-corrected chi connectivity index (χ2v) is 6.57. The van der Waals surface area contributed by atoms with E-state index >= 15 is 0 Å². The number of nitrogens with one attached hydrogen (secondary N) is 1. The summed E-state index contributed by atoms with van der Waals surface area (Å²) in [6, 6.07) is 13.2. The van der Waals surface area contributed by atoms with E-state index in [1.54, 1.807) is 13.0 Å². The average molecular weight is 385 g/mol. The molecule has 1 aliphatic rings. The number of benzene rings is 2. The van der Waals surface area contributed by atoms with Gasteiger partial charge in [-0.2, -0.15) is 4.98 Å². The van der Waals surface area contributed by atoms with Crippen molar-refractivity contribution < 1.29 is 9.32 Å². The predicted octanol–water partition coefficient (Wildman–Crippen LogP) is 3.86. The standard InChI is InChI=1S/C20H20N4O2.ClH/c1-12-22-20(26-24-12)17-7-3-2-6-16(17)19(25)23-18-8-4-5-13-11-14(21)9-10-15(13)18;/h2-3,6-7,9-11,18H,4-5,8,21H2,1H3,(H,23,25);1H. The van der Waals surface area contributed by atoms with Crippen molar-refractivity contribution in [3.8, 4) is 11.5 Å². The van der Waals surface area contributed by atoms with Crippen LogP contribution < -0.4 is 11.1 Å². The number of nitrogen functional groups attached to an aromatic ring is 1. The first-order chi connectivity index (χ1) is 12.6. The average Bonchev–Trinajstić information content (AvgIpc) is 3.08. The zero-order valence-electron chi connectivity index (χ0n) is 14.9. The molecular formula is C20H21ClN4O2. The number of carbonyl (C=O) groups is 1. The number of anilines is 1. The number of aromatic nitrogens is 2. The van der Waals surface area contributed by atoms with E-state index in [9.17, 15) is 4.79 Å². The molecule has 3 aromatic rings. The van der Waals surface area contributed by atoms with Crippen molar-refractivity contribution >= 4 is 24.0 Å². The molecule has 1 atom stereocenters. The molecule has 1 unspecified atom stereocenters. The maximum Gasteiger partial charge on any atom is 0.258 e. The fraction of sp³-hybridized carbons (Fsp3) is 0.250. The van der Waals surface area contributed by atoms with E-state index in [-0.39, 0.29) is 24.4 Å². The Bertz CT molecular complexity index is 970. The largest absolute Gasteiger partial charge is 0.399 e. The minimum atomic E-state index is -0.147. The molecule has 1 aromatic heterocycles. The van der Waals surface area contributed by atoms with Crippen molar-refractivity contribution in [2.75, 3.05) is 5.73 Å². The van der Waals surface area contributed by atoms with Gasteiger partial charge in [-0.05, 0) is 61.6 Å². The summed E-state index contributed by atoms with van der Waals surface area (Å²) in [7, 11) is 0. The third-order valence-corrected chi connectivity index (χ3v) is 4.72. The number of fused-ring (bicyclic) bond motifs is 1. The molecule has 1 heterocycles. The van der Waals surface area contributed by atoms with Gasteiger partial charge in [-0.25, -0.2) is 0 Å². The monoisotopic (exact) mass is 384 g/mol. The van der Waals surface area contributed by atoms with Gasteiger partial charge in [0.2, 0.25) is 0 Å². The Morgan fingerprint density at radius 1 is 1.26 bits per heavy atom. The molecule has 0 aliphatic heterocycles. The number of carbonyl (C=O) groups excluding carboxylic acids is 1. The lowest BCUT2D eigenvalue weighted by Crippen LogP contribution is -2.31. The van der Waals surface area contributed by atoms with Gasteiger partial charge >= 0.3 is 0 Å². The van der Waals surface area contributed by atoms with Gasteiger partial charge in [0.15, 0.2) is 5.82 Å². The van der Waals surface area contributed by atoms with Gasteiger partial charge in [0.25, 0.3) is 11.8 Å². The van der Waals surface area contributed by atoms with E-state index in [4.69, 9.17) is 10.3 Å². The first-order valence-electron chi connectivity index (χ1n) is 8.70. The molecule has 3 N–H and O–H groups in total. The van der Waals surface area contributed by atoms with Crippen LogP contribution in [0.3, 0.4) is 0 Å². The lowest BCUT2D eigenvalue weighted by molar-refractivity contribution is 0.0933. The lowest BCUT2D eigenvalue weighted by atomic mass is 9.87. The zero-order valence-corrected chi connectivity index (χ0v) is 15.8. The quantitative estimate of drug-likeness (QED) is 0.669. The fourth-order valence-corrected chi connectivity index (χ4v) is 3.49. The number of nitrogens with two attached hydrogens (primary N) is 1. The number of hydrogen-bond acceptors (Lipinski definition) is 5. The summed E-state index contributed by atoms with van der Waals surface area (Å²) in [5, 5.41) is 6.98. The van der Waals surface area contributed by atoms with Crippen LogP contribution in [-0.2, 0) is 6.42 Å². The first kappa shape index (κ1) is 18.9. The van der Waals surface area contributed by atoms with E-state index < -0.39 is 0 Å². The predicted molar refractivity (Wildman–Crippen MR) is 106 cm³/mol. The molecule has 1 aliphatic carbocycles. The van der Waals surface area contributed by atoms with Crippen LogP contribution in [0.4, 0.5) is 5.69 Å². The van der Waals surface area contributed by atoms with Gasteiger partial charge < -0.3 is 15.6 Å². The van der Waals surface area contributed by atoms with Gasteiger partial charge in [0.05, 0.1) is 17.2 Å². The number of aryl methyl sites for hydroxylation is 2. The fourth-order valence-electron chi connectivity index (χ4n) is 3.49. The third kappa shape index (κ3) is 3.80. The van der Waals surface area contributed by atoms with Crippen LogP contribution in [0.2, 0.25) is 0 Å².